The Balaban J connectivity index is 2.35. The largest absolute Gasteiger partial charge is 0.496 e. The number of carbonyl (C=O) groups is 1. The van der Waals surface area contributed by atoms with Crippen LogP contribution in [0.15, 0.2) is 24.3 Å². The lowest BCUT2D eigenvalue weighted by molar-refractivity contribution is -0.0304. The van der Waals surface area contributed by atoms with Crippen molar-refractivity contribution in [1.82, 2.24) is 0 Å². The topological polar surface area (TPSA) is 35.5 Å². The van der Waals surface area contributed by atoms with Crippen LogP contribution < -0.4 is 4.74 Å². The molecule has 1 saturated carbocycles. The number of methoxy groups -OCH3 is 2. The van der Waals surface area contributed by atoms with E-state index in [1.807, 2.05) is 24.3 Å². The zero-order valence-corrected chi connectivity index (χ0v) is 11.9. The van der Waals surface area contributed by atoms with Gasteiger partial charge in [0, 0.05) is 7.11 Å². The molecular formula is C16H22O3. The van der Waals surface area contributed by atoms with Gasteiger partial charge in [-0.15, -0.1) is 0 Å². The van der Waals surface area contributed by atoms with Crippen molar-refractivity contribution in [3.63, 3.8) is 0 Å². The number of rotatable bonds is 4. The van der Waals surface area contributed by atoms with E-state index in [4.69, 9.17) is 9.47 Å². The lowest BCUT2D eigenvalue weighted by Gasteiger charge is -2.37. The minimum Gasteiger partial charge on any atom is -0.496 e. The Hall–Kier alpha value is -1.35. The van der Waals surface area contributed by atoms with Gasteiger partial charge in [-0.1, -0.05) is 25.5 Å². The summed E-state index contributed by atoms with van der Waals surface area (Å²) in [5.41, 5.74) is -0.0484. The number of carbonyl (C=O) groups excluding carboxylic acids is 1. The molecule has 0 saturated heterocycles. The summed E-state index contributed by atoms with van der Waals surface area (Å²) in [6.45, 7) is 2.18. The van der Waals surface area contributed by atoms with Crippen molar-refractivity contribution in [3.8, 4) is 5.75 Å². The molecule has 1 aromatic carbocycles. The molecule has 1 aromatic rings. The van der Waals surface area contributed by atoms with Crippen molar-refractivity contribution in [3.05, 3.63) is 29.8 Å². The fourth-order valence-electron chi connectivity index (χ4n) is 3.07. The van der Waals surface area contributed by atoms with Gasteiger partial charge in [-0.05, 0) is 37.3 Å². The lowest BCUT2D eigenvalue weighted by Crippen LogP contribution is -2.44. The Bertz CT molecular complexity index is 455. The van der Waals surface area contributed by atoms with Crippen molar-refractivity contribution in [1.29, 1.82) is 0 Å². The summed E-state index contributed by atoms with van der Waals surface area (Å²) in [6, 6.07) is 7.38. The third-order valence-electron chi connectivity index (χ3n) is 4.11. The molecule has 0 spiro atoms. The van der Waals surface area contributed by atoms with Crippen molar-refractivity contribution in [2.75, 3.05) is 14.2 Å². The highest BCUT2D eigenvalue weighted by molar-refractivity contribution is 6.04. The van der Waals surface area contributed by atoms with Crippen molar-refractivity contribution >= 4 is 5.78 Å². The van der Waals surface area contributed by atoms with Gasteiger partial charge in [-0.2, -0.15) is 0 Å². The minimum absolute atomic E-state index is 0.0546. The number of para-hydroxylation sites is 1. The van der Waals surface area contributed by atoms with E-state index in [-0.39, 0.29) is 5.78 Å². The maximum Gasteiger partial charge on any atom is 0.198 e. The van der Waals surface area contributed by atoms with Gasteiger partial charge in [0.05, 0.1) is 12.7 Å². The van der Waals surface area contributed by atoms with Crippen molar-refractivity contribution < 1.29 is 14.3 Å². The second-order valence-electron chi connectivity index (χ2n) is 5.43. The predicted molar refractivity (Wildman–Crippen MR) is 74.7 cm³/mol. The normalized spacial score (nSPS) is 27.0. The van der Waals surface area contributed by atoms with Crippen LogP contribution in [-0.4, -0.2) is 25.6 Å². The molecular weight excluding hydrogens is 240 g/mol. The fourth-order valence-corrected chi connectivity index (χ4v) is 3.07. The van der Waals surface area contributed by atoms with Crippen LogP contribution in [0.5, 0.6) is 5.75 Å². The van der Waals surface area contributed by atoms with Gasteiger partial charge in [-0.3, -0.25) is 4.79 Å². The molecule has 0 amide bonds. The first kappa shape index (κ1) is 14.1. The van der Waals surface area contributed by atoms with Crippen LogP contribution in [0.4, 0.5) is 0 Å². The molecule has 0 heterocycles. The van der Waals surface area contributed by atoms with Crippen molar-refractivity contribution in [2.24, 2.45) is 5.92 Å². The number of ketones is 1. The molecule has 104 valence electrons. The molecule has 3 nitrogen and oxygen atoms in total. The van der Waals surface area contributed by atoms with E-state index in [1.165, 1.54) is 6.42 Å². The summed E-state index contributed by atoms with van der Waals surface area (Å²) in [7, 11) is 3.24. The first-order valence-corrected chi connectivity index (χ1v) is 6.86. The predicted octanol–water partition coefficient (Wildman–Crippen LogP) is 3.47. The SMILES string of the molecule is COc1ccccc1C(=O)C1(OC)CCCC(C)C1. The molecule has 1 aliphatic carbocycles. The zero-order chi connectivity index (χ0) is 13.9. The summed E-state index contributed by atoms with van der Waals surface area (Å²) < 4.78 is 11.0. The lowest BCUT2D eigenvalue weighted by atomic mass is 9.74. The molecule has 2 unspecified atom stereocenters. The smallest absolute Gasteiger partial charge is 0.198 e. The maximum atomic E-state index is 12.9. The summed E-state index contributed by atoms with van der Waals surface area (Å²) in [5, 5.41) is 0. The Morgan fingerprint density at radius 2 is 2.05 bits per heavy atom. The molecule has 0 aliphatic heterocycles. The Labute approximate surface area is 114 Å². The highest BCUT2D eigenvalue weighted by atomic mass is 16.5. The Morgan fingerprint density at radius 1 is 1.32 bits per heavy atom. The Morgan fingerprint density at radius 3 is 2.68 bits per heavy atom. The number of ether oxygens (including phenoxy) is 2. The number of benzene rings is 1. The third kappa shape index (κ3) is 2.66. The molecule has 2 rings (SSSR count). The van der Waals surface area contributed by atoms with Crippen LogP contribution in [0.2, 0.25) is 0 Å². The molecule has 1 aliphatic rings. The van der Waals surface area contributed by atoms with E-state index in [1.54, 1.807) is 14.2 Å². The molecule has 0 bridgehead atoms. The van der Waals surface area contributed by atoms with E-state index >= 15 is 0 Å². The molecule has 0 radical (unpaired) electrons. The summed E-state index contributed by atoms with van der Waals surface area (Å²) in [4.78, 5) is 12.9. The van der Waals surface area contributed by atoms with Gasteiger partial charge >= 0.3 is 0 Å². The zero-order valence-electron chi connectivity index (χ0n) is 11.9. The van der Waals surface area contributed by atoms with Crippen LogP contribution in [0.25, 0.3) is 0 Å². The van der Waals surface area contributed by atoms with E-state index in [0.29, 0.717) is 17.2 Å². The monoisotopic (exact) mass is 262 g/mol. The molecule has 19 heavy (non-hydrogen) atoms. The molecule has 2 atom stereocenters. The van der Waals surface area contributed by atoms with E-state index < -0.39 is 5.60 Å². The highest BCUT2D eigenvalue weighted by Gasteiger charge is 2.43. The third-order valence-corrected chi connectivity index (χ3v) is 4.11. The quantitative estimate of drug-likeness (QED) is 0.779. The summed E-state index contributed by atoms with van der Waals surface area (Å²) in [6.07, 6.45) is 3.80. The second kappa shape index (κ2) is 5.74. The van der Waals surface area contributed by atoms with E-state index in [9.17, 15) is 4.79 Å². The highest BCUT2D eigenvalue weighted by Crippen LogP contribution is 2.38. The Kier molecular flexibility index (Phi) is 4.25. The van der Waals surface area contributed by atoms with Gasteiger partial charge < -0.3 is 9.47 Å². The van der Waals surface area contributed by atoms with Gasteiger partial charge in [0.2, 0.25) is 0 Å². The first-order chi connectivity index (χ1) is 9.13. The molecule has 0 N–H and O–H groups in total. The standard InChI is InChI=1S/C16H22O3/c1-12-7-6-10-16(11-12,19-3)15(17)13-8-4-5-9-14(13)18-2/h4-5,8-9,12H,6-7,10-11H2,1-3H3. The van der Waals surface area contributed by atoms with Gasteiger partial charge in [0.25, 0.3) is 0 Å². The fraction of sp³-hybridized carbons (Fsp3) is 0.562. The number of hydrogen-bond donors (Lipinski definition) is 0. The summed E-state index contributed by atoms with van der Waals surface area (Å²) >= 11 is 0. The molecule has 1 fully saturated rings. The van der Waals surface area contributed by atoms with Crippen LogP contribution in [-0.2, 0) is 4.74 Å². The molecule has 3 heteroatoms. The minimum atomic E-state index is -0.674. The number of hydrogen-bond acceptors (Lipinski definition) is 3. The van der Waals surface area contributed by atoms with Crippen LogP contribution in [0, 0.1) is 5.92 Å². The van der Waals surface area contributed by atoms with Gasteiger partial charge in [0.15, 0.2) is 5.78 Å². The second-order valence-corrected chi connectivity index (χ2v) is 5.43. The van der Waals surface area contributed by atoms with E-state index in [0.717, 1.165) is 19.3 Å². The average Bonchev–Trinajstić information content (AvgIpc) is 2.46. The van der Waals surface area contributed by atoms with E-state index in [2.05, 4.69) is 6.92 Å². The maximum absolute atomic E-state index is 12.9. The molecule has 0 aromatic heterocycles. The summed E-state index contributed by atoms with van der Waals surface area (Å²) in [5.74, 6) is 1.20. The van der Waals surface area contributed by atoms with Crippen molar-refractivity contribution in [2.45, 2.75) is 38.2 Å². The van der Waals surface area contributed by atoms with Crippen LogP contribution in [0.3, 0.4) is 0 Å². The van der Waals surface area contributed by atoms with Crippen LogP contribution in [0.1, 0.15) is 43.0 Å². The van der Waals surface area contributed by atoms with Gasteiger partial charge in [-0.25, -0.2) is 0 Å². The first-order valence-electron chi connectivity index (χ1n) is 6.86. The average molecular weight is 262 g/mol. The van der Waals surface area contributed by atoms with Gasteiger partial charge in [0.1, 0.15) is 11.4 Å². The number of Topliss-reactive ketones (excluding diaryl/α,β-unsaturated/α-hetero) is 1. The van der Waals surface area contributed by atoms with Crippen LogP contribution >= 0.6 is 0 Å².